The third kappa shape index (κ3) is 3.25. The third-order valence-corrected chi connectivity index (χ3v) is 3.10. The van der Waals surface area contributed by atoms with Crippen molar-refractivity contribution in [3.05, 3.63) is 65.7 Å². The van der Waals surface area contributed by atoms with E-state index in [1.807, 2.05) is 13.8 Å². The number of halogens is 1. The molecule has 2 aromatic rings. The summed E-state index contributed by atoms with van der Waals surface area (Å²) in [5.41, 5.74) is 1.01. The minimum absolute atomic E-state index is 0.0462. The van der Waals surface area contributed by atoms with Crippen molar-refractivity contribution >= 4 is 5.78 Å². The van der Waals surface area contributed by atoms with Crippen molar-refractivity contribution < 1.29 is 9.18 Å². The molecule has 0 aliphatic carbocycles. The maximum absolute atomic E-state index is 12.9. The van der Waals surface area contributed by atoms with Crippen LogP contribution in [0, 0.1) is 11.2 Å². The van der Waals surface area contributed by atoms with Crippen molar-refractivity contribution in [3.63, 3.8) is 0 Å². The Hall–Kier alpha value is -2.03. The Morgan fingerprint density at radius 2 is 1.89 bits per heavy atom. The standard InChI is InChI=1S/C16H16FNO/c1-16(2,10-12-5-7-14(17)8-6-12)15(19)13-4-3-9-18-11-13/h3-9,11H,10H2,1-2H3. The van der Waals surface area contributed by atoms with Gasteiger partial charge in [-0.15, -0.1) is 0 Å². The van der Waals surface area contributed by atoms with E-state index < -0.39 is 5.41 Å². The summed E-state index contributed by atoms with van der Waals surface area (Å²) >= 11 is 0. The van der Waals surface area contributed by atoms with Gasteiger partial charge in [0.2, 0.25) is 0 Å². The molecule has 0 saturated carbocycles. The smallest absolute Gasteiger partial charge is 0.170 e. The van der Waals surface area contributed by atoms with E-state index in [0.717, 1.165) is 5.56 Å². The van der Waals surface area contributed by atoms with Gasteiger partial charge in [0.25, 0.3) is 0 Å². The van der Waals surface area contributed by atoms with Crippen molar-refractivity contribution in [2.45, 2.75) is 20.3 Å². The van der Waals surface area contributed by atoms with Crippen LogP contribution in [0.15, 0.2) is 48.8 Å². The van der Waals surface area contributed by atoms with Gasteiger partial charge < -0.3 is 0 Å². The molecule has 3 heteroatoms. The normalized spacial score (nSPS) is 11.3. The number of Topliss-reactive ketones (excluding diaryl/α,β-unsaturated/α-hetero) is 1. The Morgan fingerprint density at radius 3 is 2.47 bits per heavy atom. The lowest BCUT2D eigenvalue weighted by molar-refractivity contribution is 0.0837. The molecule has 2 nitrogen and oxygen atoms in total. The molecular formula is C16H16FNO. The van der Waals surface area contributed by atoms with Crippen LogP contribution in [0.3, 0.4) is 0 Å². The lowest BCUT2D eigenvalue weighted by Crippen LogP contribution is -2.27. The quantitative estimate of drug-likeness (QED) is 0.782. The van der Waals surface area contributed by atoms with E-state index in [9.17, 15) is 9.18 Å². The lowest BCUT2D eigenvalue weighted by atomic mass is 9.79. The highest BCUT2D eigenvalue weighted by atomic mass is 19.1. The van der Waals surface area contributed by atoms with E-state index >= 15 is 0 Å². The average Bonchev–Trinajstić information content (AvgIpc) is 2.41. The Kier molecular flexibility index (Phi) is 3.74. The fourth-order valence-electron chi connectivity index (χ4n) is 2.08. The number of benzene rings is 1. The molecule has 0 atom stereocenters. The molecule has 98 valence electrons. The van der Waals surface area contributed by atoms with Gasteiger partial charge in [0.15, 0.2) is 5.78 Å². The summed E-state index contributed by atoms with van der Waals surface area (Å²) in [4.78, 5) is 16.4. The van der Waals surface area contributed by atoms with E-state index in [4.69, 9.17) is 0 Å². The van der Waals surface area contributed by atoms with Gasteiger partial charge >= 0.3 is 0 Å². The first-order chi connectivity index (χ1) is 8.99. The molecular weight excluding hydrogens is 241 g/mol. The van der Waals surface area contributed by atoms with Crippen LogP contribution in [0.5, 0.6) is 0 Å². The van der Waals surface area contributed by atoms with Crippen LogP contribution in [0.4, 0.5) is 4.39 Å². The zero-order valence-electron chi connectivity index (χ0n) is 11.1. The summed E-state index contributed by atoms with van der Waals surface area (Å²) in [5, 5.41) is 0. The van der Waals surface area contributed by atoms with Gasteiger partial charge in [-0.2, -0.15) is 0 Å². The van der Waals surface area contributed by atoms with Gasteiger partial charge in [-0.25, -0.2) is 4.39 Å². The highest BCUT2D eigenvalue weighted by molar-refractivity contribution is 5.99. The van der Waals surface area contributed by atoms with Gasteiger partial charge in [0.05, 0.1) is 0 Å². The summed E-state index contributed by atoms with van der Waals surface area (Å²) < 4.78 is 12.9. The molecule has 0 amide bonds. The molecule has 0 saturated heterocycles. The fourth-order valence-corrected chi connectivity index (χ4v) is 2.08. The Bertz CT molecular complexity index is 561. The fraction of sp³-hybridized carbons (Fsp3) is 0.250. The predicted octanol–water partition coefficient (Wildman–Crippen LogP) is 3.67. The van der Waals surface area contributed by atoms with Gasteiger partial charge in [0.1, 0.15) is 5.82 Å². The van der Waals surface area contributed by atoms with Gasteiger partial charge in [0, 0.05) is 23.4 Å². The maximum Gasteiger partial charge on any atom is 0.170 e. The summed E-state index contributed by atoms with van der Waals surface area (Å²) in [6, 6.07) is 9.78. The molecule has 1 heterocycles. The SMILES string of the molecule is CC(C)(Cc1ccc(F)cc1)C(=O)c1cccnc1. The molecule has 1 aromatic carbocycles. The van der Waals surface area contributed by atoms with Crippen molar-refractivity contribution in [1.29, 1.82) is 0 Å². The van der Waals surface area contributed by atoms with E-state index in [1.165, 1.54) is 12.1 Å². The van der Waals surface area contributed by atoms with Crippen molar-refractivity contribution in [2.24, 2.45) is 5.41 Å². The second kappa shape index (κ2) is 5.31. The number of ketones is 1. The molecule has 0 N–H and O–H groups in total. The van der Waals surface area contributed by atoms with Crippen LogP contribution in [0.1, 0.15) is 29.8 Å². The average molecular weight is 257 g/mol. The summed E-state index contributed by atoms with van der Waals surface area (Å²) in [6.45, 7) is 3.79. The van der Waals surface area contributed by atoms with Crippen LogP contribution in [-0.4, -0.2) is 10.8 Å². The zero-order valence-corrected chi connectivity index (χ0v) is 11.1. The number of carbonyl (C=O) groups is 1. The first-order valence-corrected chi connectivity index (χ1v) is 6.18. The van der Waals surface area contributed by atoms with Gasteiger partial charge in [-0.05, 0) is 36.2 Å². The topological polar surface area (TPSA) is 30.0 Å². The molecule has 2 rings (SSSR count). The Balaban J connectivity index is 2.18. The lowest BCUT2D eigenvalue weighted by Gasteiger charge is -2.23. The molecule has 1 aromatic heterocycles. The molecule has 0 radical (unpaired) electrons. The summed E-state index contributed by atoms with van der Waals surface area (Å²) in [6.07, 6.45) is 3.79. The minimum Gasteiger partial charge on any atom is -0.294 e. The second-order valence-corrected chi connectivity index (χ2v) is 5.26. The third-order valence-electron chi connectivity index (χ3n) is 3.10. The molecule has 0 aliphatic heterocycles. The van der Waals surface area contributed by atoms with Crippen LogP contribution in [-0.2, 0) is 6.42 Å². The molecule has 19 heavy (non-hydrogen) atoms. The van der Waals surface area contributed by atoms with Crippen molar-refractivity contribution in [3.8, 4) is 0 Å². The molecule has 0 spiro atoms. The molecule has 0 fully saturated rings. The number of carbonyl (C=O) groups excluding carboxylic acids is 1. The highest BCUT2D eigenvalue weighted by Crippen LogP contribution is 2.26. The van der Waals surface area contributed by atoms with Gasteiger partial charge in [-0.3, -0.25) is 9.78 Å². The number of aromatic nitrogens is 1. The van der Waals surface area contributed by atoms with Crippen LogP contribution in [0.25, 0.3) is 0 Å². The van der Waals surface area contributed by atoms with E-state index in [0.29, 0.717) is 12.0 Å². The Labute approximate surface area is 112 Å². The summed E-state index contributed by atoms with van der Waals surface area (Å²) in [7, 11) is 0. The number of rotatable bonds is 4. The Morgan fingerprint density at radius 1 is 1.21 bits per heavy atom. The second-order valence-electron chi connectivity index (χ2n) is 5.26. The monoisotopic (exact) mass is 257 g/mol. The molecule has 0 unspecified atom stereocenters. The minimum atomic E-state index is -0.541. The predicted molar refractivity (Wildman–Crippen MR) is 72.5 cm³/mol. The molecule has 0 bridgehead atoms. The van der Waals surface area contributed by atoms with E-state index in [2.05, 4.69) is 4.98 Å². The first kappa shape index (κ1) is 13.4. The number of pyridine rings is 1. The van der Waals surface area contributed by atoms with E-state index in [-0.39, 0.29) is 11.6 Å². The van der Waals surface area contributed by atoms with Crippen molar-refractivity contribution in [2.75, 3.05) is 0 Å². The number of hydrogen-bond acceptors (Lipinski definition) is 2. The zero-order chi connectivity index (χ0) is 13.9. The van der Waals surface area contributed by atoms with Crippen molar-refractivity contribution in [1.82, 2.24) is 4.98 Å². The number of nitrogens with zero attached hydrogens (tertiary/aromatic N) is 1. The van der Waals surface area contributed by atoms with Crippen LogP contribution in [0.2, 0.25) is 0 Å². The van der Waals surface area contributed by atoms with Gasteiger partial charge in [-0.1, -0.05) is 26.0 Å². The van der Waals surface area contributed by atoms with Crippen LogP contribution < -0.4 is 0 Å². The maximum atomic E-state index is 12.9. The first-order valence-electron chi connectivity index (χ1n) is 6.18. The largest absolute Gasteiger partial charge is 0.294 e. The summed E-state index contributed by atoms with van der Waals surface area (Å²) in [5.74, 6) is -0.218. The number of hydrogen-bond donors (Lipinski definition) is 0. The van der Waals surface area contributed by atoms with E-state index in [1.54, 1.807) is 36.7 Å². The molecule has 0 aliphatic rings. The highest BCUT2D eigenvalue weighted by Gasteiger charge is 2.28. The van der Waals surface area contributed by atoms with Crippen LogP contribution >= 0.6 is 0 Å².